The molecular weight excluding hydrogens is 424 g/mol. The van der Waals surface area contributed by atoms with Crippen molar-refractivity contribution >= 4 is 28.7 Å². The number of benzene rings is 1. The summed E-state index contributed by atoms with van der Waals surface area (Å²) < 4.78 is 4.03. The molecule has 4 rings (SSSR count). The lowest BCUT2D eigenvalue weighted by Gasteiger charge is -2.15. The van der Waals surface area contributed by atoms with Gasteiger partial charge in [-0.3, -0.25) is 23.5 Å². The summed E-state index contributed by atoms with van der Waals surface area (Å²) in [6.45, 7) is 0.390. The first kappa shape index (κ1) is 22.5. The summed E-state index contributed by atoms with van der Waals surface area (Å²) >= 11 is 0. The second-order valence-electron chi connectivity index (χ2n) is 8.47. The van der Waals surface area contributed by atoms with E-state index in [1.807, 2.05) is 0 Å². The Bertz CT molecular complexity index is 1310. The largest absolute Gasteiger partial charge is 0.349 e. The second-order valence-corrected chi connectivity index (χ2v) is 8.47. The van der Waals surface area contributed by atoms with Gasteiger partial charge >= 0.3 is 5.69 Å². The zero-order valence-electron chi connectivity index (χ0n) is 18.8. The molecule has 0 saturated heterocycles. The Balaban J connectivity index is 1.40. The number of rotatable bonds is 7. The minimum Gasteiger partial charge on any atom is -0.349 e. The number of carbonyl (C=O) groups excluding carboxylic acids is 2. The molecule has 0 aliphatic heterocycles. The molecular formula is C23H28N6O4. The van der Waals surface area contributed by atoms with Crippen molar-refractivity contribution in [1.29, 1.82) is 0 Å². The van der Waals surface area contributed by atoms with Gasteiger partial charge in [-0.2, -0.15) is 0 Å². The molecule has 10 nitrogen and oxygen atoms in total. The van der Waals surface area contributed by atoms with Gasteiger partial charge in [0.05, 0.1) is 17.6 Å². The average molecular weight is 453 g/mol. The molecule has 10 heteroatoms. The average Bonchev–Trinajstić information content (AvgIpc) is 3.46. The summed E-state index contributed by atoms with van der Waals surface area (Å²) in [4.78, 5) is 54.0. The van der Waals surface area contributed by atoms with Crippen LogP contribution in [-0.2, 0) is 25.4 Å². The molecule has 0 spiro atoms. The Hall–Kier alpha value is -3.69. The van der Waals surface area contributed by atoms with Gasteiger partial charge in [-0.1, -0.05) is 25.0 Å². The lowest BCUT2D eigenvalue weighted by Crippen LogP contribution is -2.37. The van der Waals surface area contributed by atoms with Gasteiger partial charge in [0.25, 0.3) is 11.5 Å². The molecule has 2 aromatic heterocycles. The quantitative estimate of drug-likeness (QED) is 0.563. The summed E-state index contributed by atoms with van der Waals surface area (Å²) in [6, 6.07) is 7.17. The van der Waals surface area contributed by atoms with E-state index < -0.39 is 11.2 Å². The summed E-state index contributed by atoms with van der Waals surface area (Å²) in [5.74, 6) is -0.398. The van der Waals surface area contributed by atoms with Gasteiger partial charge in [-0.25, -0.2) is 9.78 Å². The van der Waals surface area contributed by atoms with Crippen LogP contribution in [0.3, 0.4) is 0 Å². The van der Waals surface area contributed by atoms with Gasteiger partial charge in [0.1, 0.15) is 0 Å². The van der Waals surface area contributed by atoms with Crippen molar-refractivity contribution in [2.75, 3.05) is 5.32 Å². The second kappa shape index (κ2) is 9.43. The van der Waals surface area contributed by atoms with E-state index in [9.17, 15) is 19.2 Å². The van der Waals surface area contributed by atoms with E-state index in [-0.39, 0.29) is 24.3 Å². The van der Waals surface area contributed by atoms with Crippen molar-refractivity contribution in [1.82, 2.24) is 24.0 Å². The number of nitrogens with zero attached hydrogens (tertiary/aromatic N) is 4. The number of amides is 2. The smallest absolute Gasteiger partial charge is 0.332 e. The normalized spacial score (nSPS) is 14.0. The van der Waals surface area contributed by atoms with Crippen molar-refractivity contribution in [2.45, 2.75) is 51.1 Å². The first-order valence-electron chi connectivity index (χ1n) is 11.2. The number of fused-ring (bicyclic) bond motifs is 1. The minimum atomic E-state index is -0.437. The van der Waals surface area contributed by atoms with Gasteiger partial charge < -0.3 is 15.2 Å². The third-order valence-electron chi connectivity index (χ3n) is 6.16. The van der Waals surface area contributed by atoms with Crippen molar-refractivity contribution in [3.8, 4) is 0 Å². The van der Waals surface area contributed by atoms with Gasteiger partial charge in [0.15, 0.2) is 11.2 Å². The molecule has 0 radical (unpaired) electrons. The SMILES string of the molecule is Cn1c(=O)c2c(ncn2CCCC(=O)Nc2ccccc2C(=O)NC2CCCC2)n(C)c1=O. The minimum absolute atomic E-state index is 0.177. The molecule has 2 N–H and O–H groups in total. The first-order valence-corrected chi connectivity index (χ1v) is 11.2. The maximum atomic E-state index is 12.7. The van der Waals surface area contributed by atoms with E-state index in [1.165, 1.54) is 17.9 Å². The molecule has 0 bridgehead atoms. The molecule has 0 atom stereocenters. The van der Waals surface area contributed by atoms with Crippen LogP contribution in [0, 0.1) is 0 Å². The Morgan fingerprint density at radius 1 is 1.09 bits per heavy atom. The zero-order chi connectivity index (χ0) is 23.5. The van der Waals surface area contributed by atoms with Crippen molar-refractivity contribution in [3.63, 3.8) is 0 Å². The Morgan fingerprint density at radius 2 is 1.82 bits per heavy atom. The van der Waals surface area contributed by atoms with E-state index in [0.29, 0.717) is 35.4 Å². The highest BCUT2D eigenvalue weighted by atomic mass is 16.2. The molecule has 174 valence electrons. The van der Waals surface area contributed by atoms with Gasteiger partial charge in [0, 0.05) is 33.1 Å². The monoisotopic (exact) mass is 452 g/mol. The number of aryl methyl sites for hydroxylation is 2. The molecule has 2 heterocycles. The van der Waals surface area contributed by atoms with Crippen LogP contribution in [0.2, 0.25) is 0 Å². The van der Waals surface area contributed by atoms with Crippen LogP contribution in [0.5, 0.6) is 0 Å². The summed E-state index contributed by atoms with van der Waals surface area (Å²) in [5.41, 5.74) is 0.714. The Labute approximate surface area is 190 Å². The number of imidazole rings is 1. The number of aromatic nitrogens is 4. The standard InChI is InChI=1S/C23H28N6O4/c1-27-20-19(22(32)28(2)23(27)33)29(14-24-20)13-7-12-18(30)26-17-11-6-5-10-16(17)21(31)25-15-8-3-4-9-15/h5-6,10-11,14-15H,3-4,7-9,12-13H2,1-2H3,(H,25,31)(H,26,30). The number of nitrogens with one attached hydrogen (secondary N) is 2. The highest BCUT2D eigenvalue weighted by Crippen LogP contribution is 2.20. The Kier molecular flexibility index (Phi) is 6.43. The fourth-order valence-corrected chi connectivity index (χ4v) is 4.31. The lowest BCUT2D eigenvalue weighted by atomic mass is 10.1. The number of hydrogen-bond acceptors (Lipinski definition) is 5. The lowest BCUT2D eigenvalue weighted by molar-refractivity contribution is -0.116. The fraction of sp³-hybridized carbons (Fsp3) is 0.435. The maximum absolute atomic E-state index is 12.7. The topological polar surface area (TPSA) is 120 Å². The summed E-state index contributed by atoms with van der Waals surface area (Å²) in [5, 5.41) is 5.88. The van der Waals surface area contributed by atoms with E-state index in [4.69, 9.17) is 0 Å². The van der Waals surface area contributed by atoms with Crippen LogP contribution < -0.4 is 21.9 Å². The molecule has 3 aromatic rings. The highest BCUT2D eigenvalue weighted by Gasteiger charge is 2.20. The van der Waals surface area contributed by atoms with Crippen molar-refractivity contribution < 1.29 is 9.59 Å². The summed E-state index contributed by atoms with van der Waals surface area (Å²) in [6.07, 6.45) is 6.38. The van der Waals surface area contributed by atoms with Crippen LogP contribution in [0.15, 0.2) is 40.2 Å². The summed E-state index contributed by atoms with van der Waals surface area (Å²) in [7, 11) is 2.99. The van der Waals surface area contributed by atoms with E-state index >= 15 is 0 Å². The molecule has 33 heavy (non-hydrogen) atoms. The molecule has 1 fully saturated rings. The van der Waals surface area contributed by atoms with Crippen LogP contribution >= 0.6 is 0 Å². The van der Waals surface area contributed by atoms with E-state index in [0.717, 1.165) is 30.3 Å². The predicted octanol–water partition coefficient (Wildman–Crippen LogP) is 1.52. The maximum Gasteiger partial charge on any atom is 0.332 e. The molecule has 0 unspecified atom stereocenters. The third-order valence-corrected chi connectivity index (χ3v) is 6.16. The third kappa shape index (κ3) is 4.59. The molecule has 1 aliphatic carbocycles. The number of carbonyl (C=O) groups is 2. The number of para-hydroxylation sites is 1. The van der Waals surface area contributed by atoms with E-state index in [2.05, 4.69) is 15.6 Å². The van der Waals surface area contributed by atoms with Crippen molar-refractivity contribution in [3.05, 3.63) is 57.0 Å². The van der Waals surface area contributed by atoms with Gasteiger partial charge in [0.2, 0.25) is 5.91 Å². The Morgan fingerprint density at radius 3 is 2.58 bits per heavy atom. The van der Waals surface area contributed by atoms with E-state index in [1.54, 1.807) is 35.9 Å². The molecule has 1 aromatic carbocycles. The van der Waals surface area contributed by atoms with Gasteiger partial charge in [-0.05, 0) is 31.4 Å². The van der Waals surface area contributed by atoms with Crippen LogP contribution in [0.1, 0.15) is 48.9 Å². The molecule has 2 amide bonds. The predicted molar refractivity (Wildman–Crippen MR) is 124 cm³/mol. The molecule has 1 saturated carbocycles. The zero-order valence-corrected chi connectivity index (χ0v) is 18.8. The molecule has 1 aliphatic rings. The highest BCUT2D eigenvalue weighted by molar-refractivity contribution is 6.03. The van der Waals surface area contributed by atoms with Crippen LogP contribution in [0.25, 0.3) is 11.2 Å². The number of anilines is 1. The van der Waals surface area contributed by atoms with Crippen molar-refractivity contribution in [2.24, 2.45) is 14.1 Å². The van der Waals surface area contributed by atoms with Gasteiger partial charge in [-0.15, -0.1) is 0 Å². The fourth-order valence-electron chi connectivity index (χ4n) is 4.31. The number of hydrogen-bond donors (Lipinski definition) is 2. The van der Waals surface area contributed by atoms with Crippen LogP contribution in [0.4, 0.5) is 5.69 Å². The van der Waals surface area contributed by atoms with Crippen LogP contribution in [-0.4, -0.2) is 36.5 Å². The first-order chi connectivity index (χ1) is 15.9.